The first kappa shape index (κ1) is 17.9. The Morgan fingerprint density at radius 1 is 1.08 bits per heavy atom. The lowest BCUT2D eigenvalue weighted by molar-refractivity contribution is -0.115. The van der Waals surface area contributed by atoms with Crippen LogP contribution in [0.5, 0.6) is 5.75 Å². The molecule has 3 rings (SSSR count). The van der Waals surface area contributed by atoms with Crippen LogP contribution in [0.1, 0.15) is 10.4 Å². The zero-order chi connectivity index (χ0) is 18.2. The number of carbonyl (C=O) groups excluding carboxylic acids is 1. The fourth-order valence-corrected chi connectivity index (χ4v) is 3.08. The summed E-state index contributed by atoms with van der Waals surface area (Å²) in [5.74, 6) is 1.88. The lowest BCUT2D eigenvalue weighted by atomic mass is 10.1. The van der Waals surface area contributed by atoms with Gasteiger partial charge in [-0.3, -0.25) is 4.79 Å². The summed E-state index contributed by atoms with van der Waals surface area (Å²) in [4.78, 5) is 13.0. The fraction of sp³-hybridized carbons (Fsp3) is 0.211. The van der Waals surface area contributed by atoms with Gasteiger partial charge in [0.05, 0.1) is 13.5 Å². The van der Waals surface area contributed by atoms with E-state index >= 15 is 0 Å². The summed E-state index contributed by atoms with van der Waals surface area (Å²) in [6.45, 7) is 0.741. The van der Waals surface area contributed by atoms with Crippen molar-refractivity contribution in [3.63, 3.8) is 0 Å². The largest absolute Gasteiger partial charge is 0.497 e. The summed E-state index contributed by atoms with van der Waals surface area (Å²) in [6.07, 6.45) is 1.21. The third-order valence-electron chi connectivity index (χ3n) is 3.73. The van der Waals surface area contributed by atoms with E-state index in [0.717, 1.165) is 23.6 Å². The number of thiophene rings is 1. The van der Waals surface area contributed by atoms with Gasteiger partial charge in [-0.25, -0.2) is 0 Å². The van der Waals surface area contributed by atoms with Crippen LogP contribution in [-0.2, 0) is 17.6 Å². The Bertz CT molecular complexity index is 818. The molecule has 3 aromatic rings. The summed E-state index contributed by atoms with van der Waals surface area (Å²) in [7, 11) is 1.66. The molecular formula is C19H20N4O2S. The third kappa shape index (κ3) is 5.29. The molecule has 2 N–H and O–H groups in total. The molecule has 0 aliphatic heterocycles. The Kier molecular flexibility index (Phi) is 6.16. The topological polar surface area (TPSA) is 76.1 Å². The van der Waals surface area contributed by atoms with E-state index in [0.29, 0.717) is 18.1 Å². The number of hydrogen-bond donors (Lipinski definition) is 2. The molecule has 0 radical (unpaired) electrons. The number of anilines is 2. The number of hydrogen-bond acceptors (Lipinski definition) is 6. The SMILES string of the molecule is COc1ccc(CCNc2ccc(NC(=O)Cc3cccs3)nn2)cc1. The fourth-order valence-electron chi connectivity index (χ4n) is 2.38. The molecule has 0 saturated carbocycles. The van der Waals surface area contributed by atoms with Crippen LogP contribution in [-0.4, -0.2) is 29.8 Å². The normalized spacial score (nSPS) is 10.3. The highest BCUT2D eigenvalue weighted by Crippen LogP contribution is 2.13. The standard InChI is InChI=1S/C19H20N4O2S/c1-25-15-6-4-14(5-7-15)10-11-20-17-8-9-18(23-22-17)21-19(24)13-16-3-2-12-26-16/h2-9,12H,10-11,13H2,1H3,(H,20,22)(H,21,23,24). The number of nitrogens with zero attached hydrogens (tertiary/aromatic N) is 2. The van der Waals surface area contributed by atoms with E-state index in [4.69, 9.17) is 4.74 Å². The number of benzene rings is 1. The van der Waals surface area contributed by atoms with E-state index in [9.17, 15) is 4.79 Å². The van der Waals surface area contributed by atoms with E-state index in [1.165, 1.54) is 5.56 Å². The third-order valence-corrected chi connectivity index (χ3v) is 4.60. The van der Waals surface area contributed by atoms with Crippen molar-refractivity contribution in [3.8, 4) is 5.75 Å². The molecule has 7 heteroatoms. The van der Waals surface area contributed by atoms with Gasteiger partial charge in [0.1, 0.15) is 11.6 Å². The van der Waals surface area contributed by atoms with Gasteiger partial charge in [-0.15, -0.1) is 21.5 Å². The van der Waals surface area contributed by atoms with Gasteiger partial charge in [0, 0.05) is 11.4 Å². The minimum atomic E-state index is -0.0954. The first-order valence-corrected chi connectivity index (χ1v) is 9.13. The molecule has 0 fully saturated rings. The highest BCUT2D eigenvalue weighted by atomic mass is 32.1. The molecule has 0 saturated heterocycles. The van der Waals surface area contributed by atoms with Crippen LogP contribution in [0.15, 0.2) is 53.9 Å². The van der Waals surface area contributed by atoms with Crippen LogP contribution in [0.2, 0.25) is 0 Å². The maximum atomic E-state index is 11.9. The highest BCUT2D eigenvalue weighted by Gasteiger charge is 2.06. The average molecular weight is 368 g/mol. The van der Waals surface area contributed by atoms with Crippen molar-refractivity contribution in [2.75, 3.05) is 24.3 Å². The second kappa shape index (κ2) is 8.96. The van der Waals surface area contributed by atoms with Gasteiger partial charge < -0.3 is 15.4 Å². The molecule has 0 aliphatic carbocycles. The van der Waals surface area contributed by atoms with E-state index in [-0.39, 0.29) is 5.91 Å². The molecule has 0 unspecified atom stereocenters. The Morgan fingerprint density at radius 3 is 2.50 bits per heavy atom. The van der Waals surface area contributed by atoms with Gasteiger partial charge in [0.15, 0.2) is 5.82 Å². The van der Waals surface area contributed by atoms with E-state index in [2.05, 4.69) is 20.8 Å². The Balaban J connectivity index is 1.44. The monoisotopic (exact) mass is 368 g/mol. The predicted molar refractivity (Wildman–Crippen MR) is 104 cm³/mol. The van der Waals surface area contributed by atoms with Crippen molar-refractivity contribution in [3.05, 3.63) is 64.4 Å². The molecule has 1 aromatic carbocycles. The number of methoxy groups -OCH3 is 1. The van der Waals surface area contributed by atoms with E-state index in [1.807, 2.05) is 47.8 Å². The van der Waals surface area contributed by atoms with Crippen molar-refractivity contribution in [1.82, 2.24) is 10.2 Å². The minimum Gasteiger partial charge on any atom is -0.497 e. The van der Waals surface area contributed by atoms with Gasteiger partial charge >= 0.3 is 0 Å². The van der Waals surface area contributed by atoms with E-state index < -0.39 is 0 Å². The number of ether oxygens (including phenoxy) is 1. The van der Waals surface area contributed by atoms with E-state index in [1.54, 1.807) is 24.5 Å². The number of amides is 1. The van der Waals surface area contributed by atoms with Crippen LogP contribution >= 0.6 is 11.3 Å². The smallest absolute Gasteiger partial charge is 0.230 e. The van der Waals surface area contributed by atoms with Gasteiger partial charge in [-0.2, -0.15) is 0 Å². The van der Waals surface area contributed by atoms with Crippen molar-refractivity contribution in [1.29, 1.82) is 0 Å². The number of carbonyl (C=O) groups is 1. The molecule has 134 valence electrons. The highest BCUT2D eigenvalue weighted by molar-refractivity contribution is 7.10. The molecule has 0 aliphatic rings. The van der Waals surface area contributed by atoms with Crippen molar-refractivity contribution in [2.45, 2.75) is 12.8 Å². The molecule has 6 nitrogen and oxygen atoms in total. The Hall–Kier alpha value is -2.93. The quantitative estimate of drug-likeness (QED) is 0.637. The van der Waals surface area contributed by atoms with Gasteiger partial charge in [-0.1, -0.05) is 18.2 Å². The van der Waals surface area contributed by atoms with Crippen LogP contribution in [0.3, 0.4) is 0 Å². The van der Waals surface area contributed by atoms with Crippen LogP contribution < -0.4 is 15.4 Å². The zero-order valence-corrected chi connectivity index (χ0v) is 15.3. The maximum Gasteiger partial charge on any atom is 0.230 e. The zero-order valence-electron chi connectivity index (χ0n) is 14.4. The number of aromatic nitrogens is 2. The number of nitrogens with one attached hydrogen (secondary N) is 2. The molecule has 2 aromatic heterocycles. The summed E-state index contributed by atoms with van der Waals surface area (Å²) >= 11 is 1.56. The molecule has 2 heterocycles. The molecule has 0 atom stereocenters. The molecular weight excluding hydrogens is 348 g/mol. The maximum absolute atomic E-state index is 11.9. The predicted octanol–water partition coefficient (Wildman–Crippen LogP) is 3.38. The Morgan fingerprint density at radius 2 is 1.85 bits per heavy atom. The first-order chi connectivity index (χ1) is 12.7. The van der Waals surface area contributed by atoms with Crippen molar-refractivity contribution >= 4 is 28.9 Å². The summed E-state index contributed by atoms with van der Waals surface area (Å²) in [5.41, 5.74) is 1.21. The van der Waals surface area contributed by atoms with Crippen molar-refractivity contribution < 1.29 is 9.53 Å². The van der Waals surface area contributed by atoms with Crippen LogP contribution in [0.4, 0.5) is 11.6 Å². The molecule has 26 heavy (non-hydrogen) atoms. The second-order valence-electron chi connectivity index (χ2n) is 5.63. The van der Waals surface area contributed by atoms with Gasteiger partial charge in [0.2, 0.25) is 5.91 Å². The molecule has 0 spiro atoms. The molecule has 0 bridgehead atoms. The summed E-state index contributed by atoms with van der Waals surface area (Å²) < 4.78 is 5.15. The van der Waals surface area contributed by atoms with Crippen LogP contribution in [0.25, 0.3) is 0 Å². The summed E-state index contributed by atoms with van der Waals surface area (Å²) in [6, 6.07) is 15.4. The second-order valence-corrected chi connectivity index (χ2v) is 6.67. The minimum absolute atomic E-state index is 0.0954. The van der Waals surface area contributed by atoms with Gasteiger partial charge in [-0.05, 0) is 47.7 Å². The Labute approximate surface area is 156 Å². The average Bonchev–Trinajstić information content (AvgIpc) is 3.16. The summed E-state index contributed by atoms with van der Waals surface area (Å²) in [5, 5.41) is 16.1. The molecule has 1 amide bonds. The lowest BCUT2D eigenvalue weighted by Crippen LogP contribution is -2.15. The first-order valence-electron chi connectivity index (χ1n) is 8.26. The lowest BCUT2D eigenvalue weighted by Gasteiger charge is -2.07. The van der Waals surface area contributed by atoms with Gasteiger partial charge in [0.25, 0.3) is 0 Å². The van der Waals surface area contributed by atoms with Crippen molar-refractivity contribution in [2.24, 2.45) is 0 Å². The number of rotatable bonds is 8. The van der Waals surface area contributed by atoms with Crippen LogP contribution in [0, 0.1) is 0 Å².